The third kappa shape index (κ3) is 3.03. The molecule has 17 heavy (non-hydrogen) atoms. The van der Waals surface area contributed by atoms with Crippen molar-refractivity contribution in [3.05, 3.63) is 28.0 Å². The van der Waals surface area contributed by atoms with E-state index in [9.17, 15) is 14.0 Å². The van der Waals surface area contributed by atoms with Gasteiger partial charge >= 0.3 is 5.97 Å². The van der Waals surface area contributed by atoms with Crippen molar-refractivity contribution in [3.8, 4) is 5.75 Å². The highest BCUT2D eigenvalue weighted by Crippen LogP contribution is 2.28. The summed E-state index contributed by atoms with van der Waals surface area (Å²) in [6.07, 6.45) is 0. The van der Waals surface area contributed by atoms with Crippen LogP contribution in [0.3, 0.4) is 0 Å². The van der Waals surface area contributed by atoms with E-state index in [0.717, 1.165) is 6.07 Å². The van der Waals surface area contributed by atoms with Gasteiger partial charge in [0.05, 0.1) is 23.8 Å². The SMILES string of the molecule is CCOC(=O)C(=O)c1cc(Br)c(OC)cc1F. The highest BCUT2D eigenvalue weighted by Gasteiger charge is 2.22. The molecule has 0 heterocycles. The van der Waals surface area contributed by atoms with Crippen molar-refractivity contribution in [1.29, 1.82) is 0 Å². The van der Waals surface area contributed by atoms with Gasteiger partial charge in [-0.1, -0.05) is 0 Å². The van der Waals surface area contributed by atoms with Crippen LogP contribution in [0.25, 0.3) is 0 Å². The number of carbonyl (C=O) groups is 2. The molecule has 4 nitrogen and oxygen atoms in total. The van der Waals surface area contributed by atoms with Gasteiger partial charge in [0.2, 0.25) is 0 Å². The molecule has 0 aliphatic heterocycles. The Balaban J connectivity index is 3.11. The maximum atomic E-state index is 13.5. The zero-order valence-corrected chi connectivity index (χ0v) is 10.8. The van der Waals surface area contributed by atoms with Gasteiger partial charge in [0, 0.05) is 6.07 Å². The van der Waals surface area contributed by atoms with Crippen LogP contribution in [0.15, 0.2) is 16.6 Å². The Morgan fingerprint density at radius 3 is 2.59 bits per heavy atom. The molecular formula is C11H10BrFO4. The van der Waals surface area contributed by atoms with Gasteiger partial charge < -0.3 is 9.47 Å². The molecule has 0 radical (unpaired) electrons. The zero-order chi connectivity index (χ0) is 13.0. The Kier molecular flexibility index (Phi) is 4.62. The van der Waals surface area contributed by atoms with Crippen LogP contribution in [0.2, 0.25) is 0 Å². The lowest BCUT2D eigenvalue weighted by Gasteiger charge is -2.07. The lowest BCUT2D eigenvalue weighted by Crippen LogP contribution is -2.18. The topological polar surface area (TPSA) is 52.6 Å². The second kappa shape index (κ2) is 5.77. The van der Waals surface area contributed by atoms with Crippen molar-refractivity contribution in [3.63, 3.8) is 0 Å². The summed E-state index contributed by atoms with van der Waals surface area (Å²) in [5.74, 6) is -2.69. The maximum Gasteiger partial charge on any atom is 0.379 e. The van der Waals surface area contributed by atoms with Gasteiger partial charge in [-0.15, -0.1) is 0 Å². The van der Waals surface area contributed by atoms with Crippen LogP contribution in [0, 0.1) is 5.82 Å². The molecular weight excluding hydrogens is 295 g/mol. The van der Waals surface area contributed by atoms with Gasteiger partial charge in [-0.25, -0.2) is 9.18 Å². The van der Waals surface area contributed by atoms with Gasteiger partial charge in [0.15, 0.2) is 0 Å². The Labute approximate surface area is 106 Å². The van der Waals surface area contributed by atoms with Gasteiger partial charge in [-0.2, -0.15) is 0 Å². The predicted molar refractivity (Wildman–Crippen MR) is 61.6 cm³/mol. The molecule has 0 aromatic heterocycles. The molecule has 0 N–H and O–H groups in total. The van der Waals surface area contributed by atoms with E-state index in [-0.39, 0.29) is 17.9 Å². The summed E-state index contributed by atoms with van der Waals surface area (Å²) in [7, 11) is 1.37. The molecule has 0 unspecified atom stereocenters. The van der Waals surface area contributed by atoms with E-state index >= 15 is 0 Å². The Morgan fingerprint density at radius 2 is 2.06 bits per heavy atom. The third-order valence-corrected chi connectivity index (χ3v) is 2.57. The molecule has 0 spiro atoms. The average Bonchev–Trinajstić information content (AvgIpc) is 2.31. The van der Waals surface area contributed by atoms with Crippen molar-refractivity contribution in [2.24, 2.45) is 0 Å². The van der Waals surface area contributed by atoms with Crippen LogP contribution < -0.4 is 4.74 Å². The molecule has 0 saturated heterocycles. The first kappa shape index (κ1) is 13.6. The average molecular weight is 305 g/mol. The molecule has 1 rings (SSSR count). The number of benzene rings is 1. The highest BCUT2D eigenvalue weighted by atomic mass is 79.9. The predicted octanol–water partition coefficient (Wildman–Crippen LogP) is 2.34. The third-order valence-electron chi connectivity index (χ3n) is 1.95. The van der Waals surface area contributed by atoms with Crippen LogP contribution in [-0.2, 0) is 9.53 Å². The number of ether oxygens (including phenoxy) is 2. The monoisotopic (exact) mass is 304 g/mol. The first-order valence-electron chi connectivity index (χ1n) is 4.75. The summed E-state index contributed by atoms with van der Waals surface area (Å²) in [5.41, 5.74) is -0.351. The number of Topliss-reactive ketones (excluding diaryl/α,β-unsaturated/α-hetero) is 1. The van der Waals surface area contributed by atoms with Crippen LogP contribution in [-0.4, -0.2) is 25.5 Å². The quantitative estimate of drug-likeness (QED) is 0.487. The molecule has 1 aromatic carbocycles. The maximum absolute atomic E-state index is 13.5. The Morgan fingerprint density at radius 1 is 1.41 bits per heavy atom. The van der Waals surface area contributed by atoms with E-state index in [2.05, 4.69) is 20.7 Å². The molecule has 0 bridgehead atoms. The molecule has 0 aliphatic carbocycles. The molecule has 6 heteroatoms. The van der Waals surface area contributed by atoms with E-state index in [1.165, 1.54) is 13.2 Å². The number of hydrogen-bond donors (Lipinski definition) is 0. The van der Waals surface area contributed by atoms with E-state index < -0.39 is 17.6 Å². The van der Waals surface area contributed by atoms with Crippen LogP contribution in [0.5, 0.6) is 5.75 Å². The first-order chi connectivity index (χ1) is 8.01. The van der Waals surface area contributed by atoms with E-state index in [1.54, 1.807) is 6.92 Å². The van der Waals surface area contributed by atoms with E-state index in [4.69, 9.17) is 4.74 Å². The van der Waals surface area contributed by atoms with Crippen molar-refractivity contribution < 1.29 is 23.5 Å². The summed E-state index contributed by atoms with van der Waals surface area (Å²) >= 11 is 3.10. The highest BCUT2D eigenvalue weighted by molar-refractivity contribution is 9.10. The molecule has 0 saturated carbocycles. The lowest BCUT2D eigenvalue weighted by atomic mass is 10.1. The number of carbonyl (C=O) groups excluding carboxylic acids is 2. The largest absolute Gasteiger partial charge is 0.495 e. The second-order valence-corrected chi connectivity index (χ2v) is 3.87. The van der Waals surface area contributed by atoms with Gasteiger partial charge in [-0.3, -0.25) is 4.79 Å². The minimum atomic E-state index is -1.08. The number of halogens is 2. The number of hydrogen-bond acceptors (Lipinski definition) is 4. The fraction of sp³-hybridized carbons (Fsp3) is 0.273. The number of ketones is 1. The van der Waals surface area contributed by atoms with Crippen LogP contribution in [0.4, 0.5) is 4.39 Å². The molecule has 0 amide bonds. The normalized spacial score (nSPS) is 9.88. The Bertz CT molecular complexity index is 459. The van der Waals surface area contributed by atoms with Gasteiger partial charge in [0.25, 0.3) is 5.78 Å². The van der Waals surface area contributed by atoms with Gasteiger partial charge in [0.1, 0.15) is 11.6 Å². The van der Waals surface area contributed by atoms with Crippen molar-refractivity contribution in [2.45, 2.75) is 6.92 Å². The Hall–Kier alpha value is -1.43. The van der Waals surface area contributed by atoms with E-state index in [1.807, 2.05) is 0 Å². The van der Waals surface area contributed by atoms with E-state index in [0.29, 0.717) is 4.47 Å². The summed E-state index contributed by atoms with van der Waals surface area (Å²) in [4.78, 5) is 22.7. The molecule has 1 aromatic rings. The van der Waals surface area contributed by atoms with Gasteiger partial charge in [-0.05, 0) is 28.9 Å². The van der Waals surface area contributed by atoms with Crippen molar-refractivity contribution in [2.75, 3.05) is 13.7 Å². The van der Waals surface area contributed by atoms with Crippen molar-refractivity contribution >= 4 is 27.7 Å². The standard InChI is InChI=1S/C11H10BrFO4/c1-3-17-11(15)10(14)6-4-7(12)9(16-2)5-8(6)13/h4-5H,3H2,1-2H3. The molecule has 0 atom stereocenters. The molecule has 0 aliphatic rings. The summed E-state index contributed by atoms with van der Waals surface area (Å²) < 4.78 is 23.3. The summed E-state index contributed by atoms with van der Waals surface area (Å²) in [6.45, 7) is 1.62. The fourth-order valence-corrected chi connectivity index (χ4v) is 1.67. The van der Waals surface area contributed by atoms with Crippen molar-refractivity contribution in [1.82, 2.24) is 0 Å². The van der Waals surface area contributed by atoms with Crippen LogP contribution in [0.1, 0.15) is 17.3 Å². The lowest BCUT2D eigenvalue weighted by molar-refractivity contribution is -0.137. The molecule has 92 valence electrons. The number of rotatable bonds is 4. The summed E-state index contributed by atoms with van der Waals surface area (Å²) in [6, 6.07) is 2.21. The number of esters is 1. The first-order valence-corrected chi connectivity index (χ1v) is 5.55. The van der Waals surface area contributed by atoms with Crippen LogP contribution >= 0.6 is 15.9 Å². The zero-order valence-electron chi connectivity index (χ0n) is 9.25. The second-order valence-electron chi connectivity index (χ2n) is 3.02. The summed E-state index contributed by atoms with van der Waals surface area (Å²) in [5, 5.41) is 0. The molecule has 0 fully saturated rings. The minimum absolute atomic E-state index is 0.0590. The smallest absolute Gasteiger partial charge is 0.379 e. The fourth-order valence-electron chi connectivity index (χ4n) is 1.17. The number of methoxy groups -OCH3 is 1. The minimum Gasteiger partial charge on any atom is -0.495 e.